The van der Waals surface area contributed by atoms with Gasteiger partial charge in [0.2, 0.25) is 0 Å². The number of aryl methyl sites for hydroxylation is 1. The van der Waals surface area contributed by atoms with Crippen LogP contribution in [0.2, 0.25) is 0 Å². The maximum Gasteiger partial charge on any atom is 0.417 e. The van der Waals surface area contributed by atoms with Crippen LogP contribution < -0.4 is 14.4 Å². The van der Waals surface area contributed by atoms with E-state index in [1.54, 1.807) is 25.2 Å². The van der Waals surface area contributed by atoms with Crippen molar-refractivity contribution in [1.29, 1.82) is 0 Å². The van der Waals surface area contributed by atoms with Crippen molar-refractivity contribution in [3.05, 3.63) is 111 Å². The molecule has 9 heteroatoms. The zero-order valence-electron chi connectivity index (χ0n) is 26.7. The summed E-state index contributed by atoms with van der Waals surface area (Å²) in [5.74, 6) is -0.387. The highest BCUT2D eigenvalue weighted by Gasteiger charge is 2.43. The van der Waals surface area contributed by atoms with E-state index in [-0.39, 0.29) is 48.0 Å². The molecule has 5 rings (SSSR count). The van der Waals surface area contributed by atoms with E-state index in [4.69, 9.17) is 9.47 Å². The summed E-state index contributed by atoms with van der Waals surface area (Å²) in [4.78, 5) is 2.61. The third-order valence-corrected chi connectivity index (χ3v) is 9.77. The predicted octanol–water partition coefficient (Wildman–Crippen LogP) is 9.71. The summed E-state index contributed by atoms with van der Waals surface area (Å²) in [6.07, 6.45) is -1.76. The van der Waals surface area contributed by atoms with Gasteiger partial charge in [0.05, 0.1) is 25.5 Å². The van der Waals surface area contributed by atoms with Crippen LogP contribution in [0.15, 0.2) is 71.6 Å². The van der Waals surface area contributed by atoms with Gasteiger partial charge in [0.15, 0.2) is 5.82 Å². The number of alkyl halides is 3. The number of aromatic hydroxyl groups is 1. The number of phenols is 1. The Morgan fingerprint density at radius 1 is 0.891 bits per heavy atom. The zero-order valence-corrected chi connectivity index (χ0v) is 27.5. The van der Waals surface area contributed by atoms with Crippen molar-refractivity contribution in [3.63, 3.8) is 0 Å². The Hall–Kier alpha value is -3.85. The number of thioether (sulfide) groups is 1. The number of ether oxygens (including phenoxy) is 2. The number of phenolic OH excluding ortho intramolecular Hbond substituents is 1. The summed E-state index contributed by atoms with van der Waals surface area (Å²) in [7, 11) is 3.15. The number of rotatable bonds is 10. The highest BCUT2D eigenvalue weighted by atomic mass is 32.2. The fourth-order valence-corrected chi connectivity index (χ4v) is 7.17. The number of hydrogen-bond donors (Lipinski definition) is 1. The van der Waals surface area contributed by atoms with E-state index in [0.717, 1.165) is 27.1 Å². The molecule has 0 aliphatic heterocycles. The fourth-order valence-electron chi connectivity index (χ4n) is 6.68. The first kappa shape index (κ1) is 33.5. The molecular formula is C37H39F4NO3S. The molecule has 1 aliphatic rings. The van der Waals surface area contributed by atoms with Crippen LogP contribution in [0.1, 0.15) is 58.2 Å². The van der Waals surface area contributed by atoms with Gasteiger partial charge in [0.25, 0.3) is 0 Å². The van der Waals surface area contributed by atoms with Gasteiger partial charge in [0, 0.05) is 23.5 Å². The molecule has 0 amide bonds. The average molecular weight is 654 g/mol. The minimum absolute atomic E-state index is 0.0188. The van der Waals surface area contributed by atoms with E-state index >= 15 is 4.39 Å². The summed E-state index contributed by atoms with van der Waals surface area (Å²) in [5.41, 5.74) is 2.12. The lowest BCUT2D eigenvalue weighted by Gasteiger charge is -2.37. The standard InChI is InChI=1S/C37H39F4NO3S/c1-6-25-17-30-26(16-29(46-5)19-33(30)43)18-31(25)34-35(37(39,40)41)22(2)15-32(36(34)38)42(20-23-7-11-27(44-3)12-8-23)21-24-9-13-28(45-4)14-10-24/h7-16,19,25,31,43H,6,17-18,20-21H2,1-5H3. The van der Waals surface area contributed by atoms with Crippen LogP contribution in [0.25, 0.3) is 0 Å². The molecule has 0 aromatic heterocycles. The average Bonchev–Trinajstić information content (AvgIpc) is 3.04. The minimum Gasteiger partial charge on any atom is -0.508 e. The Morgan fingerprint density at radius 3 is 1.93 bits per heavy atom. The van der Waals surface area contributed by atoms with Gasteiger partial charge in [-0.25, -0.2) is 4.39 Å². The number of nitrogens with zero attached hydrogens (tertiary/aromatic N) is 1. The highest BCUT2D eigenvalue weighted by Crippen LogP contribution is 2.49. The van der Waals surface area contributed by atoms with Gasteiger partial charge in [-0.05, 0) is 108 Å². The van der Waals surface area contributed by atoms with Crippen LogP contribution in [0.5, 0.6) is 17.2 Å². The summed E-state index contributed by atoms with van der Waals surface area (Å²) in [5, 5.41) is 10.8. The van der Waals surface area contributed by atoms with E-state index < -0.39 is 23.5 Å². The molecule has 0 fully saturated rings. The SMILES string of the molecule is CCC1Cc2c(O)cc(SC)cc2CC1c1c(F)c(N(Cc2ccc(OC)cc2)Cc2ccc(OC)cc2)cc(C)c1C(F)(F)F. The zero-order chi connectivity index (χ0) is 33.2. The Bertz CT molecular complexity index is 1620. The largest absolute Gasteiger partial charge is 0.508 e. The quantitative estimate of drug-likeness (QED) is 0.136. The molecule has 0 heterocycles. The maximum absolute atomic E-state index is 17.2. The lowest BCUT2D eigenvalue weighted by Crippen LogP contribution is -2.30. The van der Waals surface area contributed by atoms with Crippen molar-refractivity contribution >= 4 is 17.4 Å². The van der Waals surface area contributed by atoms with Crippen LogP contribution in [0.3, 0.4) is 0 Å². The lowest BCUT2D eigenvalue weighted by molar-refractivity contribution is -0.139. The Labute approximate surface area is 272 Å². The first-order valence-corrected chi connectivity index (χ1v) is 16.5. The topological polar surface area (TPSA) is 41.9 Å². The smallest absolute Gasteiger partial charge is 0.417 e. The normalized spacial score (nSPS) is 16.2. The van der Waals surface area contributed by atoms with E-state index in [2.05, 4.69) is 0 Å². The third-order valence-electron chi connectivity index (χ3n) is 9.07. The van der Waals surface area contributed by atoms with Crippen LogP contribution in [0, 0.1) is 18.7 Å². The minimum atomic E-state index is -4.75. The van der Waals surface area contributed by atoms with E-state index in [0.29, 0.717) is 24.3 Å². The molecule has 0 saturated carbocycles. The van der Waals surface area contributed by atoms with Gasteiger partial charge in [-0.1, -0.05) is 37.6 Å². The Kier molecular flexibility index (Phi) is 10.1. The van der Waals surface area contributed by atoms with E-state index in [1.165, 1.54) is 24.8 Å². The molecule has 4 aromatic rings. The van der Waals surface area contributed by atoms with Crippen LogP contribution in [0.4, 0.5) is 23.2 Å². The molecule has 0 bridgehead atoms. The summed E-state index contributed by atoms with van der Waals surface area (Å²) < 4.78 is 72.4. The van der Waals surface area contributed by atoms with Crippen molar-refractivity contribution in [3.8, 4) is 17.2 Å². The van der Waals surface area contributed by atoms with Crippen molar-refractivity contribution in [2.24, 2.45) is 5.92 Å². The Balaban J connectivity index is 1.67. The molecule has 244 valence electrons. The summed E-state index contributed by atoms with van der Waals surface area (Å²) >= 11 is 1.45. The van der Waals surface area contributed by atoms with Crippen LogP contribution in [-0.2, 0) is 32.1 Å². The molecule has 0 spiro atoms. The molecule has 46 heavy (non-hydrogen) atoms. The number of anilines is 1. The van der Waals surface area contributed by atoms with E-state index in [9.17, 15) is 18.3 Å². The molecule has 2 unspecified atom stereocenters. The number of benzene rings is 4. The van der Waals surface area contributed by atoms with Crippen molar-refractivity contribution in [2.45, 2.75) is 63.2 Å². The van der Waals surface area contributed by atoms with Gasteiger partial charge in [-0.3, -0.25) is 0 Å². The molecule has 0 saturated heterocycles. The van der Waals surface area contributed by atoms with E-state index in [1.807, 2.05) is 67.8 Å². The monoisotopic (exact) mass is 653 g/mol. The molecule has 1 N–H and O–H groups in total. The molecule has 4 nitrogen and oxygen atoms in total. The second-order valence-corrected chi connectivity index (χ2v) is 12.7. The van der Waals surface area contributed by atoms with Gasteiger partial charge in [0.1, 0.15) is 17.2 Å². The lowest BCUT2D eigenvalue weighted by atomic mass is 9.69. The molecular weight excluding hydrogens is 614 g/mol. The number of methoxy groups -OCH3 is 2. The first-order valence-electron chi connectivity index (χ1n) is 15.3. The predicted molar refractivity (Wildman–Crippen MR) is 176 cm³/mol. The van der Waals surface area contributed by atoms with Gasteiger partial charge < -0.3 is 19.5 Å². The van der Waals surface area contributed by atoms with Gasteiger partial charge >= 0.3 is 6.18 Å². The van der Waals surface area contributed by atoms with Crippen LogP contribution >= 0.6 is 11.8 Å². The maximum atomic E-state index is 17.2. The number of halogens is 4. The third kappa shape index (κ3) is 6.94. The van der Waals surface area contributed by atoms with Crippen LogP contribution in [-0.4, -0.2) is 25.6 Å². The Morgan fingerprint density at radius 2 is 1.46 bits per heavy atom. The van der Waals surface area contributed by atoms with Gasteiger partial charge in [-0.15, -0.1) is 11.8 Å². The second-order valence-electron chi connectivity index (χ2n) is 11.8. The van der Waals surface area contributed by atoms with Crippen molar-refractivity contribution in [2.75, 3.05) is 25.4 Å². The molecule has 0 radical (unpaired) electrons. The first-order chi connectivity index (χ1) is 22.0. The van der Waals surface area contributed by atoms with Crippen molar-refractivity contribution < 1.29 is 32.1 Å². The number of fused-ring (bicyclic) bond motifs is 1. The van der Waals surface area contributed by atoms with Gasteiger partial charge in [-0.2, -0.15) is 13.2 Å². The summed E-state index contributed by atoms with van der Waals surface area (Å²) in [6.45, 7) is 3.85. The number of hydrogen-bond acceptors (Lipinski definition) is 5. The fraction of sp³-hybridized carbons (Fsp3) is 0.351. The second kappa shape index (κ2) is 13.9. The molecule has 4 aromatic carbocycles. The molecule has 1 aliphatic carbocycles. The van der Waals surface area contributed by atoms with Crippen molar-refractivity contribution in [1.82, 2.24) is 0 Å². The summed E-state index contributed by atoms with van der Waals surface area (Å²) in [6, 6.07) is 19.7. The molecule has 2 atom stereocenters. The highest BCUT2D eigenvalue weighted by molar-refractivity contribution is 7.98.